The van der Waals surface area contributed by atoms with E-state index in [1.165, 1.54) is 0 Å². The fourth-order valence-electron chi connectivity index (χ4n) is 0. The van der Waals surface area contributed by atoms with E-state index in [2.05, 4.69) is 0 Å². The minimum absolute atomic E-state index is 0. The van der Waals surface area contributed by atoms with Crippen LogP contribution in [0.5, 0.6) is 0 Å². The summed E-state index contributed by atoms with van der Waals surface area (Å²) in [5.74, 6) is 0. The van der Waals surface area contributed by atoms with Gasteiger partial charge in [-0.1, -0.05) is 6.19 Å². The Bertz CT molecular complexity index is 27.5. The number of hydrogen-bond acceptors (Lipinski definition) is 1. The normalized spacial score (nSPS) is 1.75. The standard InChI is InChI=1S/CHN2.Zn/c2-1-3;/h2H;/q-1;. The first-order valence-electron chi connectivity index (χ1n) is 0.474. The third-order valence-corrected chi connectivity index (χ3v) is 0. The second-order valence-electron chi connectivity index (χ2n) is 0.112. The van der Waals surface area contributed by atoms with Crippen LogP contribution in [-0.4, -0.2) is 0 Å². The molecule has 0 aromatic carbocycles. The molecule has 0 rings (SSSR count). The molecule has 2 nitrogen and oxygen atoms in total. The number of rotatable bonds is 0. The van der Waals surface area contributed by atoms with Gasteiger partial charge in [0.2, 0.25) is 0 Å². The summed E-state index contributed by atoms with van der Waals surface area (Å²) in [7, 11) is 0. The van der Waals surface area contributed by atoms with E-state index in [1.54, 1.807) is 0 Å². The molecule has 18 valence electrons. The zero-order chi connectivity index (χ0) is 2.71. The van der Waals surface area contributed by atoms with Crippen molar-refractivity contribution in [1.29, 1.82) is 5.26 Å². The first-order chi connectivity index (χ1) is 1.41. The Balaban J connectivity index is 0. The number of nitrogens with zero attached hydrogens (tertiary/aromatic N) is 1. The van der Waals surface area contributed by atoms with Gasteiger partial charge in [-0.05, 0) is 0 Å². The Labute approximate surface area is 37.4 Å². The van der Waals surface area contributed by atoms with Crippen LogP contribution in [0.15, 0.2) is 0 Å². The van der Waals surface area contributed by atoms with Gasteiger partial charge in [-0.3, -0.25) is 0 Å². The van der Waals surface area contributed by atoms with E-state index in [4.69, 9.17) is 11.0 Å². The summed E-state index contributed by atoms with van der Waals surface area (Å²) in [6, 6.07) is 0. The van der Waals surface area contributed by atoms with Crippen LogP contribution in [0, 0.1) is 11.5 Å². The Morgan fingerprint density at radius 2 is 1.75 bits per heavy atom. The van der Waals surface area contributed by atoms with Crippen LogP contribution in [0.25, 0.3) is 5.73 Å². The summed E-state index contributed by atoms with van der Waals surface area (Å²) in [6.45, 7) is 0. The predicted molar refractivity (Wildman–Crippen MR) is 9.93 cm³/mol. The van der Waals surface area contributed by atoms with Crippen molar-refractivity contribution in [1.82, 2.24) is 0 Å². The summed E-state index contributed by atoms with van der Waals surface area (Å²) in [4.78, 5) is 0. The average molecular weight is 106 g/mol. The molecule has 0 unspecified atom stereocenters. The molecule has 0 atom stereocenters. The van der Waals surface area contributed by atoms with Crippen LogP contribution < -0.4 is 0 Å². The van der Waals surface area contributed by atoms with Crippen molar-refractivity contribution >= 4 is 0 Å². The zero-order valence-corrected chi connectivity index (χ0v) is 5.12. The molecule has 3 heteroatoms. The molecule has 0 aromatic heterocycles. The molecular weight excluding hydrogens is 105 g/mol. The molecular formula is CHN2Zn-. The first kappa shape index (κ1) is 9.07. The second-order valence-corrected chi connectivity index (χ2v) is 0.112. The van der Waals surface area contributed by atoms with Gasteiger partial charge in [-0.15, -0.1) is 0 Å². The van der Waals surface area contributed by atoms with Crippen LogP contribution >= 0.6 is 0 Å². The summed E-state index contributed by atoms with van der Waals surface area (Å²) >= 11 is 0. The fraction of sp³-hybridized carbons (Fsp3) is 0. The Morgan fingerprint density at radius 1 is 1.75 bits per heavy atom. The quantitative estimate of drug-likeness (QED) is 0.328. The van der Waals surface area contributed by atoms with E-state index in [1.807, 2.05) is 0 Å². The zero-order valence-electron chi connectivity index (χ0n) is 2.15. The molecule has 0 saturated carbocycles. The minimum atomic E-state index is 0. The summed E-state index contributed by atoms with van der Waals surface area (Å²) in [5.41, 5.74) is 5.51. The topological polar surface area (TPSA) is 47.6 Å². The maximum absolute atomic E-state index is 6.99. The molecule has 0 aromatic rings. The van der Waals surface area contributed by atoms with Crippen LogP contribution in [0.1, 0.15) is 0 Å². The Morgan fingerprint density at radius 3 is 1.75 bits per heavy atom. The second kappa shape index (κ2) is 12.8. The van der Waals surface area contributed by atoms with Crippen molar-refractivity contribution in [3.05, 3.63) is 5.73 Å². The molecule has 0 amide bonds. The molecule has 0 fully saturated rings. The van der Waals surface area contributed by atoms with Gasteiger partial charge in [-0.25, -0.2) is 0 Å². The van der Waals surface area contributed by atoms with Crippen LogP contribution in [-0.2, 0) is 19.5 Å². The van der Waals surface area contributed by atoms with Gasteiger partial charge in [-0.2, -0.15) is 0 Å². The molecule has 0 aliphatic carbocycles. The van der Waals surface area contributed by atoms with E-state index in [0.717, 1.165) is 6.19 Å². The van der Waals surface area contributed by atoms with Gasteiger partial charge in [0.1, 0.15) is 0 Å². The minimum Gasteiger partial charge on any atom is -0.494 e. The average Bonchev–Trinajstić information content (AvgIpc) is 0.918. The van der Waals surface area contributed by atoms with Crippen molar-refractivity contribution in [2.24, 2.45) is 0 Å². The van der Waals surface area contributed by atoms with Crippen molar-refractivity contribution in [3.63, 3.8) is 0 Å². The van der Waals surface area contributed by atoms with Gasteiger partial charge in [0.15, 0.2) is 0 Å². The van der Waals surface area contributed by atoms with Crippen LogP contribution in [0.3, 0.4) is 0 Å². The molecule has 1 N–H and O–H groups in total. The van der Waals surface area contributed by atoms with Crippen molar-refractivity contribution < 1.29 is 19.5 Å². The number of nitriles is 1. The Hall–Kier alpha value is -0.0866. The third kappa shape index (κ3) is 213. The molecule has 0 radical (unpaired) electrons. The molecule has 0 saturated heterocycles. The van der Waals surface area contributed by atoms with E-state index in [0.29, 0.717) is 0 Å². The van der Waals surface area contributed by atoms with E-state index >= 15 is 0 Å². The number of nitrogens with one attached hydrogen (secondary N) is 1. The van der Waals surface area contributed by atoms with E-state index < -0.39 is 0 Å². The molecule has 0 bridgehead atoms. The summed E-state index contributed by atoms with van der Waals surface area (Å²) in [5, 5.41) is 6.99. The van der Waals surface area contributed by atoms with Gasteiger partial charge >= 0.3 is 0 Å². The monoisotopic (exact) mass is 105 g/mol. The first-order valence-corrected chi connectivity index (χ1v) is 0.474. The molecule has 0 aliphatic heterocycles. The largest absolute Gasteiger partial charge is 0.494 e. The van der Waals surface area contributed by atoms with Gasteiger partial charge in [0.25, 0.3) is 0 Å². The Kier molecular flexibility index (Phi) is 29.0. The van der Waals surface area contributed by atoms with E-state index in [-0.39, 0.29) is 19.5 Å². The molecule has 0 spiro atoms. The van der Waals surface area contributed by atoms with Crippen LogP contribution in [0.2, 0.25) is 0 Å². The fourth-order valence-corrected chi connectivity index (χ4v) is 0. The van der Waals surface area contributed by atoms with Crippen molar-refractivity contribution in [2.75, 3.05) is 0 Å². The predicted octanol–water partition coefficient (Wildman–Crippen LogP) is 0.517. The van der Waals surface area contributed by atoms with Gasteiger partial charge < -0.3 is 11.0 Å². The molecule has 4 heavy (non-hydrogen) atoms. The summed E-state index contributed by atoms with van der Waals surface area (Å²) in [6.07, 6.45) is 1.00. The van der Waals surface area contributed by atoms with E-state index in [9.17, 15) is 0 Å². The maximum Gasteiger partial charge on any atom is 0 e. The van der Waals surface area contributed by atoms with Gasteiger partial charge in [0, 0.05) is 19.5 Å². The van der Waals surface area contributed by atoms with Gasteiger partial charge in [0.05, 0.1) is 0 Å². The third-order valence-electron chi connectivity index (χ3n) is 0. The number of hydrogen-bond donors (Lipinski definition) is 0. The SMILES string of the molecule is N#C[NH-].[Zn]. The maximum atomic E-state index is 6.99. The smallest absolute Gasteiger partial charge is 0 e. The van der Waals surface area contributed by atoms with Crippen molar-refractivity contribution in [2.45, 2.75) is 0 Å². The summed E-state index contributed by atoms with van der Waals surface area (Å²) < 4.78 is 0. The molecule has 0 aliphatic rings. The molecule has 0 heterocycles. The van der Waals surface area contributed by atoms with Crippen LogP contribution in [0.4, 0.5) is 0 Å². The van der Waals surface area contributed by atoms with Crippen molar-refractivity contribution in [3.8, 4) is 6.19 Å².